The maximum atomic E-state index is 13.1. The van der Waals surface area contributed by atoms with Crippen LogP contribution in [0.5, 0.6) is 0 Å². The lowest BCUT2D eigenvalue weighted by atomic mass is 10.0. The predicted octanol–water partition coefficient (Wildman–Crippen LogP) is 1.54. The molecule has 0 aliphatic heterocycles. The third kappa shape index (κ3) is 5.08. The van der Waals surface area contributed by atoms with Crippen LogP contribution in [0.4, 0.5) is 4.39 Å². The van der Waals surface area contributed by atoms with Crippen LogP contribution in [-0.2, 0) is 22.6 Å². The van der Waals surface area contributed by atoms with Crippen LogP contribution in [-0.4, -0.2) is 32.2 Å². The van der Waals surface area contributed by atoms with E-state index in [2.05, 4.69) is 4.98 Å². The van der Waals surface area contributed by atoms with E-state index in [1.165, 1.54) is 12.1 Å². The minimum atomic E-state index is -1.80. The number of hydrogen-bond donors (Lipinski definition) is 2. The van der Waals surface area contributed by atoms with Crippen LogP contribution in [0, 0.1) is 5.82 Å². The van der Waals surface area contributed by atoms with E-state index in [9.17, 15) is 28.4 Å². The first-order chi connectivity index (χ1) is 14.8. The van der Waals surface area contributed by atoms with Gasteiger partial charge < -0.3 is 10.1 Å². The number of rotatable bonds is 8. The zero-order valence-corrected chi connectivity index (χ0v) is 16.1. The number of nitrogens with zero attached hydrogens (tertiary/aromatic N) is 1. The number of aromatic amines is 1. The number of aromatic nitrogens is 2. The fourth-order valence-corrected chi connectivity index (χ4v) is 3.06. The fraction of sp³-hybridized carbons (Fsp3) is 0.136. The molecule has 2 aromatic carbocycles. The summed E-state index contributed by atoms with van der Waals surface area (Å²) in [5, 5.41) is 8.79. The number of benzene rings is 2. The molecule has 0 fully saturated rings. The highest BCUT2D eigenvalue weighted by molar-refractivity contribution is 6.37. The molecule has 0 aliphatic carbocycles. The largest absolute Gasteiger partial charge is 0.475 e. The van der Waals surface area contributed by atoms with Crippen LogP contribution < -0.4 is 11.2 Å². The normalized spacial score (nSPS) is 10.6. The van der Waals surface area contributed by atoms with E-state index in [0.29, 0.717) is 11.1 Å². The van der Waals surface area contributed by atoms with Crippen LogP contribution >= 0.6 is 0 Å². The van der Waals surface area contributed by atoms with E-state index >= 15 is 0 Å². The van der Waals surface area contributed by atoms with Crippen LogP contribution in [0.25, 0.3) is 0 Å². The summed E-state index contributed by atoms with van der Waals surface area (Å²) in [5.74, 6) is -4.67. The quantitative estimate of drug-likeness (QED) is 0.321. The molecule has 0 saturated heterocycles. The van der Waals surface area contributed by atoms with Crippen molar-refractivity contribution in [2.24, 2.45) is 0 Å². The lowest BCUT2D eigenvalue weighted by Gasteiger charge is -2.12. The predicted molar refractivity (Wildman–Crippen MR) is 108 cm³/mol. The van der Waals surface area contributed by atoms with Crippen molar-refractivity contribution in [1.29, 1.82) is 0 Å². The van der Waals surface area contributed by atoms with E-state index in [-0.39, 0.29) is 18.7 Å². The van der Waals surface area contributed by atoms with Gasteiger partial charge in [0.05, 0.1) is 13.0 Å². The molecule has 0 spiro atoms. The van der Waals surface area contributed by atoms with Gasteiger partial charge in [-0.2, -0.15) is 0 Å². The van der Waals surface area contributed by atoms with Crippen molar-refractivity contribution in [2.45, 2.75) is 19.4 Å². The Kier molecular flexibility index (Phi) is 6.35. The van der Waals surface area contributed by atoms with Crippen LogP contribution in [0.2, 0.25) is 0 Å². The lowest BCUT2D eigenvalue weighted by Crippen LogP contribution is -2.41. The topological polar surface area (TPSA) is 126 Å². The van der Waals surface area contributed by atoms with Gasteiger partial charge in [0.15, 0.2) is 5.78 Å². The molecule has 8 nitrogen and oxygen atoms in total. The van der Waals surface area contributed by atoms with Crippen molar-refractivity contribution in [3.63, 3.8) is 0 Å². The number of carbonyl (C=O) groups is 3. The van der Waals surface area contributed by atoms with Gasteiger partial charge in [0.2, 0.25) is 5.78 Å². The Bertz CT molecular complexity index is 1260. The Labute approximate surface area is 174 Å². The van der Waals surface area contributed by atoms with E-state index in [1.54, 1.807) is 30.3 Å². The molecule has 0 bridgehead atoms. The molecular formula is C22H17FN2O6. The number of halogens is 1. The molecule has 0 radical (unpaired) electrons. The average Bonchev–Trinajstić information content (AvgIpc) is 2.73. The van der Waals surface area contributed by atoms with Gasteiger partial charge >= 0.3 is 11.7 Å². The highest BCUT2D eigenvalue weighted by Crippen LogP contribution is 2.11. The lowest BCUT2D eigenvalue weighted by molar-refractivity contribution is -0.148. The van der Waals surface area contributed by atoms with Crippen molar-refractivity contribution in [3.8, 4) is 0 Å². The molecule has 3 rings (SSSR count). The molecule has 9 heteroatoms. The number of nitrogens with one attached hydrogen (secondary N) is 1. The number of aliphatic carboxylic acids is 1. The van der Waals surface area contributed by atoms with Crippen LogP contribution in [0.1, 0.15) is 33.6 Å². The van der Waals surface area contributed by atoms with Crippen LogP contribution in [0.15, 0.2) is 64.2 Å². The summed E-state index contributed by atoms with van der Waals surface area (Å²) in [7, 11) is 0. The molecule has 31 heavy (non-hydrogen) atoms. The molecule has 0 unspecified atom stereocenters. The zero-order valence-electron chi connectivity index (χ0n) is 16.1. The second-order valence-corrected chi connectivity index (χ2v) is 6.79. The van der Waals surface area contributed by atoms with Gasteiger partial charge in [0.1, 0.15) is 11.4 Å². The molecule has 1 heterocycles. The van der Waals surface area contributed by atoms with Crippen LogP contribution in [0.3, 0.4) is 0 Å². The Balaban J connectivity index is 2.10. The number of carboxylic acid groups (broad SMARTS) is 1. The smallest absolute Gasteiger partial charge is 0.372 e. The molecule has 0 amide bonds. The molecule has 3 aromatic rings. The van der Waals surface area contributed by atoms with Gasteiger partial charge in [-0.15, -0.1) is 0 Å². The maximum Gasteiger partial charge on any atom is 0.372 e. The summed E-state index contributed by atoms with van der Waals surface area (Å²) in [5.41, 5.74) is -1.10. The Hall–Kier alpha value is -4.14. The van der Waals surface area contributed by atoms with Crippen molar-refractivity contribution >= 4 is 17.5 Å². The minimum absolute atomic E-state index is 0.0141. The van der Waals surface area contributed by atoms with Gasteiger partial charge in [0, 0.05) is 12.1 Å². The first kappa shape index (κ1) is 21.6. The van der Waals surface area contributed by atoms with Crippen molar-refractivity contribution in [2.75, 3.05) is 0 Å². The Morgan fingerprint density at radius 1 is 0.935 bits per heavy atom. The van der Waals surface area contributed by atoms with E-state index in [1.807, 2.05) is 0 Å². The van der Waals surface area contributed by atoms with E-state index < -0.39 is 46.6 Å². The van der Waals surface area contributed by atoms with E-state index in [4.69, 9.17) is 5.11 Å². The molecular weight excluding hydrogens is 407 g/mol. The Morgan fingerprint density at radius 3 is 2.19 bits per heavy atom. The highest BCUT2D eigenvalue weighted by atomic mass is 19.1. The second kappa shape index (κ2) is 9.12. The summed E-state index contributed by atoms with van der Waals surface area (Å²) < 4.78 is 13.9. The number of H-pyrrole nitrogens is 1. The summed E-state index contributed by atoms with van der Waals surface area (Å²) in [4.78, 5) is 63.2. The van der Waals surface area contributed by atoms with Gasteiger partial charge in [-0.1, -0.05) is 42.5 Å². The van der Waals surface area contributed by atoms with Gasteiger partial charge in [-0.3, -0.25) is 19.0 Å². The molecule has 0 saturated carbocycles. The van der Waals surface area contributed by atoms with Gasteiger partial charge in [-0.25, -0.2) is 14.0 Å². The van der Waals surface area contributed by atoms with Crippen molar-refractivity contribution in [3.05, 3.63) is 104 Å². The first-order valence-corrected chi connectivity index (χ1v) is 9.20. The minimum Gasteiger partial charge on any atom is -0.475 e. The average molecular weight is 424 g/mol. The number of carboxylic acids is 1. The van der Waals surface area contributed by atoms with Crippen molar-refractivity contribution < 1.29 is 23.9 Å². The SMILES string of the molecule is O=C(O)C(=O)CC(=O)c1c(Cc2ccccc2)[nH]c(=O)n(Cc2ccc(F)cc2)c1=O. The first-order valence-electron chi connectivity index (χ1n) is 9.20. The number of Topliss-reactive ketones (excluding diaryl/α,β-unsaturated/α-hetero) is 2. The number of hydrogen-bond acceptors (Lipinski definition) is 5. The number of carbonyl (C=O) groups excluding carboxylic acids is 2. The zero-order chi connectivity index (χ0) is 22.5. The monoisotopic (exact) mass is 424 g/mol. The van der Waals surface area contributed by atoms with Gasteiger partial charge in [-0.05, 0) is 23.3 Å². The molecule has 2 N–H and O–H groups in total. The highest BCUT2D eigenvalue weighted by Gasteiger charge is 2.25. The fourth-order valence-electron chi connectivity index (χ4n) is 3.06. The van der Waals surface area contributed by atoms with E-state index in [0.717, 1.165) is 16.7 Å². The van der Waals surface area contributed by atoms with Gasteiger partial charge in [0.25, 0.3) is 5.56 Å². The molecule has 0 atom stereocenters. The molecule has 1 aromatic heterocycles. The van der Waals surface area contributed by atoms with Crippen molar-refractivity contribution in [1.82, 2.24) is 9.55 Å². The summed E-state index contributed by atoms with van der Waals surface area (Å²) >= 11 is 0. The summed E-state index contributed by atoms with van der Waals surface area (Å²) in [6.45, 7) is -0.243. The maximum absolute atomic E-state index is 13.1. The molecule has 0 aliphatic rings. The summed E-state index contributed by atoms with van der Waals surface area (Å²) in [6, 6.07) is 13.8. The number of ketones is 2. The third-order valence-electron chi connectivity index (χ3n) is 4.58. The third-order valence-corrected chi connectivity index (χ3v) is 4.58. The second-order valence-electron chi connectivity index (χ2n) is 6.79. The standard InChI is InChI=1S/C22H17FN2O6/c23-15-8-6-14(7-9-15)12-25-20(28)19(17(26)11-18(27)21(29)30)16(24-22(25)31)10-13-4-2-1-3-5-13/h1-9H,10-12H2,(H,24,31)(H,29,30). The summed E-state index contributed by atoms with van der Waals surface area (Å²) in [6.07, 6.45) is -1.00. The Morgan fingerprint density at radius 2 is 1.58 bits per heavy atom. The molecule has 158 valence electrons.